The summed E-state index contributed by atoms with van der Waals surface area (Å²) in [6.07, 6.45) is 0. The molecule has 104 valence electrons. The molecular formula is C11H12Cl2N2O3S. The van der Waals surface area contributed by atoms with E-state index in [1.54, 1.807) is 24.3 Å². The van der Waals surface area contributed by atoms with Gasteiger partial charge >= 0.3 is 6.03 Å². The van der Waals surface area contributed by atoms with E-state index in [4.69, 9.17) is 23.2 Å². The highest BCUT2D eigenvalue weighted by atomic mass is 35.5. The van der Waals surface area contributed by atoms with Crippen molar-refractivity contribution >= 4 is 44.8 Å². The molecule has 1 aromatic rings. The molecule has 0 aliphatic carbocycles. The predicted molar refractivity (Wildman–Crippen MR) is 75.7 cm³/mol. The van der Waals surface area contributed by atoms with Gasteiger partial charge in [-0.05, 0) is 12.1 Å². The summed E-state index contributed by atoms with van der Waals surface area (Å²) in [6, 6.07) is 5.64. The van der Waals surface area contributed by atoms with Crippen molar-refractivity contribution in [2.75, 3.05) is 16.8 Å². The van der Waals surface area contributed by atoms with Crippen LogP contribution < -0.4 is 10.6 Å². The summed E-state index contributed by atoms with van der Waals surface area (Å²) in [5.74, 6) is -0.261. The van der Waals surface area contributed by atoms with Crippen molar-refractivity contribution in [1.29, 1.82) is 0 Å². The summed E-state index contributed by atoms with van der Waals surface area (Å²) in [7, 11) is -3.17. The number of hydrogen-bond acceptors (Lipinski definition) is 3. The summed E-state index contributed by atoms with van der Waals surface area (Å²) in [4.78, 5) is 11.7. The van der Waals surface area contributed by atoms with Crippen molar-refractivity contribution in [2.45, 2.75) is 11.4 Å². The molecule has 1 heterocycles. The molecule has 0 unspecified atom stereocenters. The molecule has 8 heteroatoms. The SMILES string of the molecule is O=C(Nc1ccccc1Cl)N[C@@H]1CS(=O)(=O)C[C@H]1Cl. The highest BCUT2D eigenvalue weighted by Gasteiger charge is 2.37. The number of alkyl halides is 1. The lowest BCUT2D eigenvalue weighted by atomic mass is 10.2. The lowest BCUT2D eigenvalue weighted by Gasteiger charge is -2.15. The molecule has 2 atom stereocenters. The molecule has 1 fully saturated rings. The normalized spacial score (nSPS) is 24.9. The molecule has 19 heavy (non-hydrogen) atoms. The smallest absolute Gasteiger partial charge is 0.319 e. The Labute approximate surface area is 121 Å². The maximum absolute atomic E-state index is 11.7. The first-order valence-corrected chi connectivity index (χ1v) is 8.17. The highest BCUT2D eigenvalue weighted by molar-refractivity contribution is 7.91. The molecule has 2 N–H and O–H groups in total. The van der Waals surface area contributed by atoms with Crippen LogP contribution in [-0.4, -0.2) is 37.4 Å². The van der Waals surface area contributed by atoms with Crippen molar-refractivity contribution in [1.82, 2.24) is 5.32 Å². The molecule has 2 amide bonds. The van der Waals surface area contributed by atoms with Gasteiger partial charge in [0.1, 0.15) is 0 Å². The van der Waals surface area contributed by atoms with Crippen LogP contribution in [0.3, 0.4) is 0 Å². The van der Waals surface area contributed by atoms with E-state index < -0.39 is 27.3 Å². The molecule has 2 rings (SSSR count). The fourth-order valence-electron chi connectivity index (χ4n) is 1.83. The number of nitrogens with one attached hydrogen (secondary N) is 2. The molecule has 0 spiro atoms. The van der Waals surface area contributed by atoms with Gasteiger partial charge in [-0.3, -0.25) is 0 Å². The molecule has 0 radical (unpaired) electrons. The van der Waals surface area contributed by atoms with Crippen molar-refractivity contribution in [3.8, 4) is 0 Å². The van der Waals surface area contributed by atoms with Crippen LogP contribution in [0.25, 0.3) is 0 Å². The van der Waals surface area contributed by atoms with Crippen LogP contribution in [0.5, 0.6) is 0 Å². The number of carbonyl (C=O) groups excluding carboxylic acids is 1. The summed E-state index contributed by atoms with van der Waals surface area (Å²) in [5.41, 5.74) is 0.452. The van der Waals surface area contributed by atoms with Crippen LogP contribution in [0.1, 0.15) is 0 Å². The van der Waals surface area contributed by atoms with Crippen LogP contribution in [-0.2, 0) is 9.84 Å². The maximum Gasteiger partial charge on any atom is 0.319 e. The van der Waals surface area contributed by atoms with Crippen molar-refractivity contribution in [2.24, 2.45) is 0 Å². The zero-order valence-corrected chi connectivity index (χ0v) is 12.1. The Bertz CT molecular complexity index is 591. The largest absolute Gasteiger partial charge is 0.333 e. The second-order valence-corrected chi connectivity index (χ2v) is 7.40. The zero-order chi connectivity index (χ0) is 14.0. The van der Waals surface area contributed by atoms with Gasteiger partial charge in [-0.1, -0.05) is 23.7 Å². The standard InChI is InChI=1S/C11H12Cl2N2O3S/c12-7-3-1-2-4-9(7)14-11(16)15-10-6-19(17,18)5-8(10)13/h1-4,8,10H,5-6H2,(H2,14,15,16)/t8-,10-/m1/s1. The van der Waals surface area contributed by atoms with Gasteiger partial charge in [-0.15, -0.1) is 11.6 Å². The summed E-state index contributed by atoms with van der Waals surface area (Å²) < 4.78 is 22.7. The number of rotatable bonds is 2. The predicted octanol–water partition coefficient (Wildman–Crippen LogP) is 1.87. The van der Waals surface area contributed by atoms with Gasteiger partial charge in [-0.2, -0.15) is 0 Å². The first kappa shape index (κ1) is 14.4. The van der Waals surface area contributed by atoms with E-state index >= 15 is 0 Å². The third-order valence-corrected chi connectivity index (χ3v) is 5.43. The van der Waals surface area contributed by atoms with Gasteiger partial charge in [0.25, 0.3) is 0 Å². The number of benzene rings is 1. The first-order chi connectivity index (χ1) is 8.87. The number of sulfone groups is 1. The Balaban J connectivity index is 1.98. The maximum atomic E-state index is 11.7. The van der Waals surface area contributed by atoms with E-state index in [9.17, 15) is 13.2 Å². The fourth-order valence-corrected chi connectivity index (χ4v) is 4.56. The van der Waals surface area contributed by atoms with Crippen molar-refractivity contribution in [3.63, 3.8) is 0 Å². The monoisotopic (exact) mass is 322 g/mol. The molecule has 1 aliphatic rings. The number of halogens is 2. The van der Waals surface area contributed by atoms with Crippen LogP contribution in [0, 0.1) is 0 Å². The summed E-state index contributed by atoms with van der Waals surface area (Å²) >= 11 is 11.8. The lowest BCUT2D eigenvalue weighted by Crippen LogP contribution is -2.42. The van der Waals surface area contributed by atoms with Crippen molar-refractivity contribution in [3.05, 3.63) is 29.3 Å². The van der Waals surface area contributed by atoms with Gasteiger partial charge in [0.05, 0.1) is 33.6 Å². The molecule has 1 aromatic carbocycles. The summed E-state index contributed by atoms with van der Waals surface area (Å²) in [5, 5.41) is 4.88. The Hall–Kier alpha value is -0.980. The minimum absolute atomic E-state index is 0.119. The minimum atomic E-state index is -3.17. The van der Waals surface area contributed by atoms with E-state index in [2.05, 4.69) is 10.6 Å². The quantitative estimate of drug-likeness (QED) is 0.816. The van der Waals surface area contributed by atoms with Crippen LogP contribution >= 0.6 is 23.2 Å². The fraction of sp³-hybridized carbons (Fsp3) is 0.364. The van der Waals surface area contributed by atoms with Crippen LogP contribution in [0.4, 0.5) is 10.5 Å². The van der Waals surface area contributed by atoms with Crippen molar-refractivity contribution < 1.29 is 13.2 Å². The second-order valence-electron chi connectivity index (χ2n) is 4.28. The molecule has 1 aliphatic heterocycles. The van der Waals surface area contributed by atoms with Crippen LogP contribution in [0.2, 0.25) is 5.02 Å². The van der Waals surface area contributed by atoms with Gasteiger partial charge in [0.15, 0.2) is 9.84 Å². The Morgan fingerprint density at radius 1 is 1.26 bits per heavy atom. The number of urea groups is 1. The average molecular weight is 323 g/mol. The average Bonchev–Trinajstić information content (AvgIpc) is 2.55. The Morgan fingerprint density at radius 2 is 1.95 bits per heavy atom. The first-order valence-electron chi connectivity index (χ1n) is 5.54. The Kier molecular flexibility index (Phi) is 4.23. The molecule has 0 aromatic heterocycles. The van der Waals surface area contributed by atoms with Gasteiger partial charge in [0, 0.05) is 0 Å². The van der Waals surface area contributed by atoms with Gasteiger partial charge in [-0.25, -0.2) is 13.2 Å². The number of para-hydroxylation sites is 1. The highest BCUT2D eigenvalue weighted by Crippen LogP contribution is 2.21. The number of carbonyl (C=O) groups is 1. The van der Waals surface area contributed by atoms with E-state index in [-0.39, 0.29) is 11.5 Å². The number of amides is 2. The molecular weight excluding hydrogens is 311 g/mol. The molecule has 0 bridgehead atoms. The molecule has 1 saturated heterocycles. The van der Waals surface area contributed by atoms with E-state index in [0.717, 1.165) is 0 Å². The van der Waals surface area contributed by atoms with Gasteiger partial charge in [0.2, 0.25) is 0 Å². The number of anilines is 1. The minimum Gasteiger partial charge on any atom is -0.333 e. The second kappa shape index (κ2) is 5.56. The zero-order valence-electron chi connectivity index (χ0n) is 9.77. The lowest BCUT2D eigenvalue weighted by molar-refractivity contribution is 0.249. The Morgan fingerprint density at radius 3 is 2.53 bits per heavy atom. The molecule has 5 nitrogen and oxygen atoms in total. The van der Waals surface area contributed by atoms with E-state index in [0.29, 0.717) is 10.7 Å². The summed E-state index contributed by atoms with van der Waals surface area (Å²) in [6.45, 7) is 0. The van der Waals surface area contributed by atoms with Crippen LogP contribution in [0.15, 0.2) is 24.3 Å². The topological polar surface area (TPSA) is 75.3 Å². The van der Waals surface area contributed by atoms with E-state index in [1.165, 1.54) is 0 Å². The molecule has 0 saturated carbocycles. The number of hydrogen-bond donors (Lipinski definition) is 2. The third kappa shape index (κ3) is 3.75. The van der Waals surface area contributed by atoms with E-state index in [1.807, 2.05) is 0 Å². The third-order valence-electron chi connectivity index (χ3n) is 2.72. The van der Waals surface area contributed by atoms with Gasteiger partial charge < -0.3 is 10.6 Å².